The number of carbonyl (C=O) groups is 2. The maximum atomic E-state index is 13.5. The van der Waals surface area contributed by atoms with Crippen molar-refractivity contribution in [1.82, 2.24) is 19.8 Å². The molecule has 2 N–H and O–H groups in total. The van der Waals surface area contributed by atoms with E-state index < -0.39 is 0 Å². The number of benzene rings is 1. The van der Waals surface area contributed by atoms with Gasteiger partial charge in [-0.2, -0.15) is 0 Å². The molecule has 7 nitrogen and oxygen atoms in total. The van der Waals surface area contributed by atoms with Gasteiger partial charge in [-0.1, -0.05) is 12.1 Å². The van der Waals surface area contributed by atoms with E-state index in [9.17, 15) is 14.0 Å². The van der Waals surface area contributed by atoms with E-state index in [1.807, 2.05) is 4.90 Å². The summed E-state index contributed by atoms with van der Waals surface area (Å²) in [6.07, 6.45) is 5.75. The normalized spacial score (nSPS) is 20.0. The molecule has 31 heavy (non-hydrogen) atoms. The number of likely N-dealkylation sites (tertiary alicyclic amines) is 2. The molecule has 1 aromatic carbocycles. The lowest BCUT2D eigenvalue weighted by atomic mass is 9.90. The second-order valence-corrected chi connectivity index (χ2v) is 8.36. The fourth-order valence-corrected chi connectivity index (χ4v) is 4.67. The molecule has 1 atom stereocenters. The summed E-state index contributed by atoms with van der Waals surface area (Å²) in [5.74, 6) is -0.0661. The number of aromatic nitrogens is 2. The first-order valence-corrected chi connectivity index (χ1v) is 10.9. The molecule has 164 valence electrons. The molecule has 0 saturated carbocycles. The standard InChI is InChI=1S/C23H28FN5O2/c1-15(30)28-12-9-17(10-13-28)22(31)29-11-3-2-4-20(29)21-19(14-26-23(25)27-21)16-5-7-18(24)8-6-16/h5-8,14,17,20H,2-4,9-13H2,1H3,(H2,25,26,27)/t20-/m0/s1. The molecule has 8 heteroatoms. The Kier molecular flexibility index (Phi) is 6.15. The molecule has 2 saturated heterocycles. The number of amides is 2. The van der Waals surface area contributed by atoms with E-state index in [1.165, 1.54) is 12.1 Å². The highest BCUT2D eigenvalue weighted by molar-refractivity contribution is 5.81. The van der Waals surface area contributed by atoms with Gasteiger partial charge in [0, 0.05) is 44.2 Å². The Morgan fingerprint density at radius 3 is 2.45 bits per heavy atom. The van der Waals surface area contributed by atoms with Crippen molar-refractivity contribution in [3.8, 4) is 11.1 Å². The van der Waals surface area contributed by atoms with Crippen LogP contribution in [0.1, 0.15) is 50.8 Å². The predicted molar refractivity (Wildman–Crippen MR) is 115 cm³/mol. The van der Waals surface area contributed by atoms with Crippen molar-refractivity contribution in [2.24, 2.45) is 5.92 Å². The zero-order chi connectivity index (χ0) is 22.0. The molecule has 0 unspecified atom stereocenters. The fourth-order valence-electron chi connectivity index (χ4n) is 4.67. The van der Waals surface area contributed by atoms with Crippen LogP contribution >= 0.6 is 0 Å². The molecule has 3 heterocycles. The molecule has 2 aliphatic heterocycles. The number of anilines is 1. The van der Waals surface area contributed by atoms with E-state index >= 15 is 0 Å². The molecular formula is C23H28FN5O2. The van der Waals surface area contributed by atoms with Crippen LogP contribution < -0.4 is 5.73 Å². The van der Waals surface area contributed by atoms with Gasteiger partial charge in [0.2, 0.25) is 17.8 Å². The van der Waals surface area contributed by atoms with Crippen molar-refractivity contribution in [2.45, 2.75) is 45.1 Å². The second-order valence-electron chi connectivity index (χ2n) is 8.36. The molecule has 2 aromatic rings. The Hall–Kier alpha value is -3.03. The van der Waals surface area contributed by atoms with Gasteiger partial charge in [-0.05, 0) is 49.8 Å². The van der Waals surface area contributed by atoms with Crippen molar-refractivity contribution in [3.05, 3.63) is 42.0 Å². The monoisotopic (exact) mass is 425 g/mol. The van der Waals surface area contributed by atoms with Crippen LogP contribution in [-0.2, 0) is 9.59 Å². The van der Waals surface area contributed by atoms with Gasteiger partial charge in [-0.3, -0.25) is 9.59 Å². The number of carbonyl (C=O) groups excluding carboxylic acids is 2. The molecule has 2 amide bonds. The average molecular weight is 426 g/mol. The third kappa shape index (κ3) is 4.52. The van der Waals surface area contributed by atoms with Gasteiger partial charge in [-0.15, -0.1) is 0 Å². The lowest BCUT2D eigenvalue weighted by Gasteiger charge is -2.40. The zero-order valence-corrected chi connectivity index (χ0v) is 17.8. The number of nitrogen functional groups attached to an aromatic ring is 1. The van der Waals surface area contributed by atoms with Crippen LogP contribution in [-0.4, -0.2) is 51.2 Å². The summed E-state index contributed by atoms with van der Waals surface area (Å²) >= 11 is 0. The quantitative estimate of drug-likeness (QED) is 0.815. The highest BCUT2D eigenvalue weighted by Crippen LogP contribution is 2.37. The Morgan fingerprint density at radius 2 is 1.77 bits per heavy atom. The maximum absolute atomic E-state index is 13.5. The molecular weight excluding hydrogens is 397 g/mol. The minimum atomic E-state index is -0.312. The summed E-state index contributed by atoms with van der Waals surface area (Å²) in [6.45, 7) is 3.47. The van der Waals surface area contributed by atoms with Crippen molar-refractivity contribution < 1.29 is 14.0 Å². The highest BCUT2D eigenvalue weighted by Gasteiger charge is 2.36. The Balaban J connectivity index is 1.62. The first-order valence-electron chi connectivity index (χ1n) is 10.9. The van der Waals surface area contributed by atoms with Gasteiger partial charge < -0.3 is 15.5 Å². The van der Waals surface area contributed by atoms with Crippen LogP contribution in [0.2, 0.25) is 0 Å². The summed E-state index contributed by atoms with van der Waals surface area (Å²) in [7, 11) is 0. The van der Waals surface area contributed by atoms with Gasteiger partial charge in [-0.25, -0.2) is 14.4 Å². The van der Waals surface area contributed by atoms with Crippen molar-refractivity contribution in [3.63, 3.8) is 0 Å². The van der Waals surface area contributed by atoms with Crippen LogP contribution in [0, 0.1) is 11.7 Å². The van der Waals surface area contributed by atoms with Crippen molar-refractivity contribution in [2.75, 3.05) is 25.4 Å². The van der Waals surface area contributed by atoms with E-state index in [2.05, 4.69) is 9.97 Å². The molecule has 0 aliphatic carbocycles. The van der Waals surface area contributed by atoms with Gasteiger partial charge in [0.1, 0.15) is 5.82 Å². The smallest absolute Gasteiger partial charge is 0.226 e. The maximum Gasteiger partial charge on any atom is 0.226 e. The number of nitrogens with zero attached hydrogens (tertiary/aromatic N) is 4. The van der Waals surface area contributed by atoms with Crippen molar-refractivity contribution >= 4 is 17.8 Å². The van der Waals surface area contributed by atoms with E-state index in [1.54, 1.807) is 30.2 Å². The largest absolute Gasteiger partial charge is 0.368 e. The van der Waals surface area contributed by atoms with E-state index in [-0.39, 0.29) is 35.5 Å². The van der Waals surface area contributed by atoms with Crippen LogP contribution in [0.15, 0.2) is 30.5 Å². The first kappa shape index (κ1) is 21.2. The number of rotatable bonds is 3. The number of piperidine rings is 2. The van der Waals surface area contributed by atoms with E-state index in [0.29, 0.717) is 38.2 Å². The summed E-state index contributed by atoms with van der Waals surface area (Å²) in [6, 6.07) is 6.00. The minimum Gasteiger partial charge on any atom is -0.368 e. The van der Waals surface area contributed by atoms with Crippen LogP contribution in [0.4, 0.5) is 10.3 Å². The van der Waals surface area contributed by atoms with Gasteiger partial charge >= 0.3 is 0 Å². The number of nitrogens with two attached hydrogens (primary N) is 1. The summed E-state index contributed by atoms with van der Waals surface area (Å²) in [5.41, 5.74) is 8.20. The fraction of sp³-hybridized carbons (Fsp3) is 0.478. The Bertz CT molecular complexity index is 957. The molecule has 0 spiro atoms. The van der Waals surface area contributed by atoms with E-state index in [0.717, 1.165) is 30.4 Å². The molecule has 4 rings (SSSR count). The Morgan fingerprint density at radius 1 is 1.06 bits per heavy atom. The number of hydrogen-bond donors (Lipinski definition) is 1. The minimum absolute atomic E-state index is 0.0575. The van der Waals surface area contributed by atoms with Crippen LogP contribution in [0.5, 0.6) is 0 Å². The molecule has 0 radical (unpaired) electrons. The van der Waals surface area contributed by atoms with Crippen LogP contribution in [0.3, 0.4) is 0 Å². The SMILES string of the molecule is CC(=O)N1CCC(C(=O)N2CCCC[C@H]2c2nc(N)ncc2-c2ccc(F)cc2)CC1. The average Bonchev–Trinajstić information content (AvgIpc) is 2.79. The molecule has 1 aromatic heterocycles. The van der Waals surface area contributed by atoms with Crippen LogP contribution in [0.25, 0.3) is 11.1 Å². The predicted octanol–water partition coefficient (Wildman–Crippen LogP) is 3.18. The second kappa shape index (κ2) is 8.99. The molecule has 2 fully saturated rings. The number of halogens is 1. The van der Waals surface area contributed by atoms with Gasteiger partial charge in [0.15, 0.2) is 0 Å². The third-order valence-corrected chi connectivity index (χ3v) is 6.38. The third-order valence-electron chi connectivity index (χ3n) is 6.38. The highest BCUT2D eigenvalue weighted by atomic mass is 19.1. The van der Waals surface area contributed by atoms with Crippen molar-refractivity contribution in [1.29, 1.82) is 0 Å². The summed E-state index contributed by atoms with van der Waals surface area (Å²) < 4.78 is 13.4. The summed E-state index contributed by atoms with van der Waals surface area (Å²) in [5, 5.41) is 0. The lowest BCUT2D eigenvalue weighted by Crippen LogP contribution is -2.46. The number of hydrogen-bond acceptors (Lipinski definition) is 5. The van der Waals surface area contributed by atoms with Gasteiger partial charge in [0.05, 0.1) is 11.7 Å². The van der Waals surface area contributed by atoms with E-state index in [4.69, 9.17) is 5.73 Å². The first-order chi connectivity index (χ1) is 14.9. The summed E-state index contributed by atoms with van der Waals surface area (Å²) in [4.78, 5) is 37.5. The lowest BCUT2D eigenvalue weighted by molar-refractivity contribution is -0.143. The van der Waals surface area contributed by atoms with Gasteiger partial charge in [0.25, 0.3) is 0 Å². The zero-order valence-electron chi connectivity index (χ0n) is 17.8. The molecule has 0 bridgehead atoms. The molecule has 2 aliphatic rings. The topological polar surface area (TPSA) is 92.4 Å². The Labute approximate surface area is 181 Å².